The number of hydrogen-bond donors (Lipinski definition) is 1. The summed E-state index contributed by atoms with van der Waals surface area (Å²) in [5, 5.41) is 5.23. The third-order valence-corrected chi connectivity index (χ3v) is 5.12. The summed E-state index contributed by atoms with van der Waals surface area (Å²) in [6.45, 7) is 0. The first-order chi connectivity index (χ1) is 14.1. The summed E-state index contributed by atoms with van der Waals surface area (Å²) in [6.07, 6.45) is 3.76. The summed E-state index contributed by atoms with van der Waals surface area (Å²) in [4.78, 5) is 12.1. The van der Waals surface area contributed by atoms with Gasteiger partial charge in [0.05, 0.1) is 21.8 Å². The lowest BCUT2D eigenvalue weighted by atomic mass is 10.1. The SMILES string of the molecule is CN(c1ccc(F)c(C#Cc2cnc(Cl)nc2)c1F)c1ncc(Cl)cc1S(N)(=O)=O. The van der Waals surface area contributed by atoms with Gasteiger partial charge in [0.25, 0.3) is 0 Å². The van der Waals surface area contributed by atoms with Crippen molar-refractivity contribution < 1.29 is 17.2 Å². The Labute approximate surface area is 180 Å². The van der Waals surface area contributed by atoms with E-state index >= 15 is 4.39 Å². The van der Waals surface area contributed by atoms with Crippen molar-refractivity contribution in [2.45, 2.75) is 4.90 Å². The van der Waals surface area contributed by atoms with E-state index in [2.05, 4.69) is 26.8 Å². The number of sulfonamides is 1. The fourth-order valence-electron chi connectivity index (χ4n) is 2.42. The first-order valence-electron chi connectivity index (χ1n) is 7.97. The van der Waals surface area contributed by atoms with Gasteiger partial charge < -0.3 is 4.90 Å². The Hall–Kier alpha value is -2.84. The summed E-state index contributed by atoms with van der Waals surface area (Å²) < 4.78 is 53.1. The van der Waals surface area contributed by atoms with Crippen molar-refractivity contribution >= 4 is 44.7 Å². The van der Waals surface area contributed by atoms with Gasteiger partial charge in [0.1, 0.15) is 10.7 Å². The minimum Gasteiger partial charge on any atom is -0.326 e. The van der Waals surface area contributed by atoms with Crippen molar-refractivity contribution in [1.82, 2.24) is 15.0 Å². The molecule has 0 radical (unpaired) electrons. The number of nitrogens with two attached hydrogens (primary N) is 1. The highest BCUT2D eigenvalue weighted by molar-refractivity contribution is 7.89. The van der Waals surface area contributed by atoms with E-state index in [0.717, 1.165) is 23.1 Å². The van der Waals surface area contributed by atoms with Gasteiger partial charge >= 0.3 is 0 Å². The highest BCUT2D eigenvalue weighted by Crippen LogP contribution is 2.32. The van der Waals surface area contributed by atoms with Gasteiger partial charge in [-0.3, -0.25) is 0 Å². The van der Waals surface area contributed by atoms with Gasteiger partial charge in [-0.1, -0.05) is 23.4 Å². The maximum atomic E-state index is 15.1. The Kier molecular flexibility index (Phi) is 6.19. The van der Waals surface area contributed by atoms with Crippen LogP contribution in [0.25, 0.3) is 0 Å². The summed E-state index contributed by atoms with van der Waals surface area (Å²) in [5.41, 5.74) is -0.443. The zero-order valence-corrected chi connectivity index (χ0v) is 17.4. The van der Waals surface area contributed by atoms with Crippen LogP contribution >= 0.6 is 23.2 Å². The van der Waals surface area contributed by atoms with Crippen LogP contribution in [-0.4, -0.2) is 30.4 Å². The van der Waals surface area contributed by atoms with Crippen molar-refractivity contribution in [3.8, 4) is 11.8 Å². The molecule has 3 rings (SSSR count). The van der Waals surface area contributed by atoms with Crippen molar-refractivity contribution in [3.63, 3.8) is 0 Å². The van der Waals surface area contributed by atoms with Gasteiger partial charge in [-0.05, 0) is 29.8 Å². The van der Waals surface area contributed by atoms with E-state index in [-0.39, 0.29) is 27.4 Å². The molecule has 0 unspecified atom stereocenters. The summed E-state index contributed by atoms with van der Waals surface area (Å²) >= 11 is 11.4. The second-order valence-electron chi connectivity index (χ2n) is 5.83. The lowest BCUT2D eigenvalue weighted by Crippen LogP contribution is -2.21. The molecule has 0 aliphatic heterocycles. The molecule has 1 aromatic carbocycles. The molecule has 0 amide bonds. The smallest absolute Gasteiger partial charge is 0.241 e. The molecular weight excluding hydrogens is 459 g/mol. The van der Waals surface area contributed by atoms with E-state index in [4.69, 9.17) is 28.3 Å². The highest BCUT2D eigenvalue weighted by Gasteiger charge is 2.23. The van der Waals surface area contributed by atoms with Crippen LogP contribution in [0.1, 0.15) is 11.1 Å². The molecule has 0 atom stereocenters. The monoisotopic (exact) mass is 469 g/mol. The van der Waals surface area contributed by atoms with Gasteiger partial charge in [-0.15, -0.1) is 0 Å². The van der Waals surface area contributed by atoms with Crippen LogP contribution in [0.15, 0.2) is 41.7 Å². The number of halogens is 4. The molecule has 30 heavy (non-hydrogen) atoms. The van der Waals surface area contributed by atoms with Crippen LogP contribution in [0.4, 0.5) is 20.3 Å². The second kappa shape index (κ2) is 8.49. The first kappa shape index (κ1) is 21.9. The molecule has 0 spiro atoms. The van der Waals surface area contributed by atoms with Gasteiger partial charge in [-0.25, -0.2) is 37.3 Å². The number of pyridine rings is 1. The van der Waals surface area contributed by atoms with E-state index in [0.29, 0.717) is 0 Å². The Bertz CT molecular complexity index is 1290. The fourth-order valence-corrected chi connectivity index (χ4v) is 3.47. The van der Waals surface area contributed by atoms with Gasteiger partial charge in [0.15, 0.2) is 11.6 Å². The molecule has 2 N–H and O–H groups in total. The molecule has 0 aliphatic carbocycles. The number of hydrogen-bond acceptors (Lipinski definition) is 6. The molecule has 0 fully saturated rings. The quantitative estimate of drug-likeness (QED) is 0.466. The Morgan fingerprint density at radius 3 is 2.37 bits per heavy atom. The lowest BCUT2D eigenvalue weighted by Gasteiger charge is -2.21. The minimum atomic E-state index is -4.23. The Morgan fingerprint density at radius 2 is 1.73 bits per heavy atom. The lowest BCUT2D eigenvalue weighted by molar-refractivity contribution is 0.577. The zero-order valence-electron chi connectivity index (χ0n) is 15.1. The molecule has 0 aliphatic rings. The molecule has 3 aromatic rings. The largest absolute Gasteiger partial charge is 0.326 e. The molecule has 7 nitrogen and oxygen atoms in total. The topological polar surface area (TPSA) is 102 Å². The number of nitrogens with zero attached hydrogens (tertiary/aromatic N) is 4. The number of benzene rings is 1. The highest BCUT2D eigenvalue weighted by atomic mass is 35.5. The van der Waals surface area contributed by atoms with Gasteiger partial charge in [0, 0.05) is 25.6 Å². The minimum absolute atomic E-state index is 0.00246. The second-order valence-corrected chi connectivity index (χ2v) is 8.13. The maximum absolute atomic E-state index is 15.1. The molecule has 0 saturated carbocycles. The number of aromatic nitrogens is 3. The predicted octanol–water partition coefficient (Wildman–Crippen LogP) is 3.27. The van der Waals surface area contributed by atoms with E-state index in [1.807, 2.05) is 0 Å². The Morgan fingerprint density at radius 1 is 1.07 bits per heavy atom. The van der Waals surface area contributed by atoms with Gasteiger partial charge in [0.2, 0.25) is 15.3 Å². The molecule has 0 saturated heterocycles. The molecule has 154 valence electrons. The van der Waals surface area contributed by atoms with Gasteiger partial charge in [-0.2, -0.15) is 0 Å². The number of rotatable bonds is 3. The summed E-state index contributed by atoms with van der Waals surface area (Å²) in [7, 11) is -2.89. The van der Waals surface area contributed by atoms with Crippen LogP contribution < -0.4 is 10.0 Å². The van der Waals surface area contributed by atoms with Crippen LogP contribution in [-0.2, 0) is 10.0 Å². The van der Waals surface area contributed by atoms with Crippen molar-refractivity contribution in [2.75, 3.05) is 11.9 Å². The van der Waals surface area contributed by atoms with Crippen LogP contribution in [0.5, 0.6) is 0 Å². The zero-order chi connectivity index (χ0) is 22.1. The molecule has 2 aromatic heterocycles. The van der Waals surface area contributed by atoms with Crippen molar-refractivity contribution in [1.29, 1.82) is 0 Å². The van der Waals surface area contributed by atoms with Crippen LogP contribution in [0, 0.1) is 23.5 Å². The number of primary sulfonamides is 1. The maximum Gasteiger partial charge on any atom is 0.241 e. The molecule has 12 heteroatoms. The van der Waals surface area contributed by atoms with Crippen LogP contribution in [0.2, 0.25) is 10.3 Å². The molecule has 0 bridgehead atoms. The third kappa shape index (κ3) is 4.66. The third-order valence-electron chi connectivity index (χ3n) is 3.81. The fraction of sp³-hybridized carbons (Fsp3) is 0.0556. The van der Waals surface area contributed by atoms with Crippen molar-refractivity contribution in [3.05, 3.63) is 69.9 Å². The normalized spacial score (nSPS) is 11.0. The molecule has 2 heterocycles. The first-order valence-corrected chi connectivity index (χ1v) is 10.3. The van der Waals surface area contributed by atoms with Crippen molar-refractivity contribution in [2.24, 2.45) is 5.14 Å². The average Bonchev–Trinajstić information content (AvgIpc) is 2.68. The van der Waals surface area contributed by atoms with Crippen LogP contribution in [0.3, 0.4) is 0 Å². The predicted molar refractivity (Wildman–Crippen MR) is 108 cm³/mol. The summed E-state index contributed by atoms with van der Waals surface area (Å²) in [6, 6.07) is 3.19. The standard InChI is InChI=1S/C18H11Cl2F2N5O2S/c1-27(17-15(30(23,28)29)6-11(19)9-24-17)14-5-4-13(21)12(16(14)22)3-2-10-7-25-18(20)26-8-10/h4-9H,1H3,(H2,23,28,29). The number of anilines is 2. The average molecular weight is 470 g/mol. The van der Waals surface area contributed by atoms with E-state index in [9.17, 15) is 12.8 Å². The Balaban J connectivity index is 2.09. The van der Waals surface area contributed by atoms with E-state index in [1.54, 1.807) is 0 Å². The summed E-state index contributed by atoms with van der Waals surface area (Å²) in [5.74, 6) is 2.78. The van der Waals surface area contributed by atoms with E-state index in [1.165, 1.54) is 25.6 Å². The van der Waals surface area contributed by atoms with E-state index < -0.39 is 32.1 Å². The molecular formula is C18H11Cl2F2N5O2S.